The van der Waals surface area contributed by atoms with Crippen molar-refractivity contribution in [2.45, 2.75) is 13.5 Å². The molecule has 0 aliphatic heterocycles. The van der Waals surface area contributed by atoms with Gasteiger partial charge in [-0.1, -0.05) is 29.8 Å². The van der Waals surface area contributed by atoms with E-state index in [-0.39, 0.29) is 18.0 Å². The first-order chi connectivity index (χ1) is 13.0. The third-order valence-corrected chi connectivity index (χ3v) is 4.12. The molecule has 7 heteroatoms. The van der Waals surface area contributed by atoms with Crippen molar-refractivity contribution in [3.8, 4) is 22.8 Å². The molecule has 1 heterocycles. The summed E-state index contributed by atoms with van der Waals surface area (Å²) in [6.45, 7) is 1.87. The maximum absolute atomic E-state index is 12.3. The van der Waals surface area contributed by atoms with E-state index in [0.29, 0.717) is 22.9 Å². The van der Waals surface area contributed by atoms with Crippen molar-refractivity contribution in [1.29, 1.82) is 0 Å². The molecule has 2 aromatic carbocycles. The summed E-state index contributed by atoms with van der Waals surface area (Å²) >= 11 is 0. The van der Waals surface area contributed by atoms with Crippen molar-refractivity contribution in [3.05, 3.63) is 64.4 Å². The van der Waals surface area contributed by atoms with Crippen LogP contribution < -0.4 is 20.3 Å². The lowest BCUT2D eigenvalue weighted by Crippen LogP contribution is -2.25. The Morgan fingerprint density at radius 1 is 1.04 bits per heavy atom. The molecule has 0 radical (unpaired) electrons. The molecular formula is C20H21N3O4. The third-order valence-electron chi connectivity index (χ3n) is 4.12. The molecule has 0 spiro atoms. The van der Waals surface area contributed by atoms with Crippen LogP contribution in [-0.4, -0.2) is 29.9 Å². The summed E-state index contributed by atoms with van der Waals surface area (Å²) < 4.78 is 11.7. The number of rotatable bonds is 6. The minimum atomic E-state index is -0.332. The molecule has 0 aliphatic carbocycles. The van der Waals surface area contributed by atoms with Gasteiger partial charge in [0, 0.05) is 17.8 Å². The van der Waals surface area contributed by atoms with Crippen LogP contribution >= 0.6 is 0 Å². The quantitative estimate of drug-likeness (QED) is 0.702. The number of benzene rings is 2. The van der Waals surface area contributed by atoms with E-state index in [1.165, 1.54) is 17.9 Å². The smallest absolute Gasteiger partial charge is 0.267 e. The van der Waals surface area contributed by atoms with Crippen LogP contribution in [0.3, 0.4) is 0 Å². The maximum Gasteiger partial charge on any atom is 0.267 e. The summed E-state index contributed by atoms with van der Waals surface area (Å²) in [6.07, 6.45) is 0. The number of anilines is 1. The van der Waals surface area contributed by atoms with Crippen molar-refractivity contribution in [2.75, 3.05) is 19.5 Å². The van der Waals surface area contributed by atoms with E-state index >= 15 is 0 Å². The maximum atomic E-state index is 12.3. The normalized spacial score (nSPS) is 10.5. The first kappa shape index (κ1) is 18.3. The fourth-order valence-corrected chi connectivity index (χ4v) is 2.69. The topological polar surface area (TPSA) is 85.4 Å². The molecule has 0 saturated carbocycles. The Kier molecular flexibility index (Phi) is 5.30. The third kappa shape index (κ3) is 4.20. The molecule has 0 fully saturated rings. The second kappa shape index (κ2) is 7.82. The van der Waals surface area contributed by atoms with Gasteiger partial charge in [0.2, 0.25) is 5.91 Å². The summed E-state index contributed by atoms with van der Waals surface area (Å²) in [5, 5.41) is 5.72. The number of H-pyrrole nitrogens is 1. The SMILES string of the molecule is COc1ccc(NC(=O)Cn2[nH]c(-c3ccc(C)cc3)cc2=O)cc1OC. The summed E-state index contributed by atoms with van der Waals surface area (Å²) in [5.74, 6) is 0.745. The second-order valence-electron chi connectivity index (χ2n) is 6.08. The first-order valence-corrected chi connectivity index (χ1v) is 8.39. The Balaban J connectivity index is 1.73. The average Bonchev–Trinajstić information content (AvgIpc) is 3.02. The number of carbonyl (C=O) groups excluding carboxylic acids is 1. The summed E-state index contributed by atoms with van der Waals surface area (Å²) in [7, 11) is 3.06. The molecule has 7 nitrogen and oxygen atoms in total. The van der Waals surface area contributed by atoms with Crippen LogP contribution in [0.2, 0.25) is 0 Å². The van der Waals surface area contributed by atoms with Gasteiger partial charge in [0.05, 0.1) is 19.9 Å². The van der Waals surface area contributed by atoms with Gasteiger partial charge in [-0.3, -0.25) is 14.7 Å². The van der Waals surface area contributed by atoms with Gasteiger partial charge in [-0.25, -0.2) is 4.68 Å². The van der Waals surface area contributed by atoms with Crippen LogP contribution in [0.4, 0.5) is 5.69 Å². The number of aryl methyl sites for hydroxylation is 1. The zero-order chi connectivity index (χ0) is 19.4. The number of aromatic nitrogens is 2. The van der Waals surface area contributed by atoms with Crippen LogP contribution in [-0.2, 0) is 11.3 Å². The lowest BCUT2D eigenvalue weighted by Gasteiger charge is -2.10. The highest BCUT2D eigenvalue weighted by molar-refractivity contribution is 5.90. The zero-order valence-corrected chi connectivity index (χ0v) is 15.4. The lowest BCUT2D eigenvalue weighted by atomic mass is 10.1. The van der Waals surface area contributed by atoms with Crippen molar-refractivity contribution >= 4 is 11.6 Å². The number of ether oxygens (including phenoxy) is 2. The van der Waals surface area contributed by atoms with E-state index in [0.717, 1.165) is 11.1 Å². The number of methoxy groups -OCH3 is 2. The highest BCUT2D eigenvalue weighted by Gasteiger charge is 2.11. The Labute approximate surface area is 156 Å². The van der Waals surface area contributed by atoms with Gasteiger partial charge >= 0.3 is 0 Å². The van der Waals surface area contributed by atoms with Gasteiger partial charge in [0.1, 0.15) is 6.54 Å². The van der Waals surface area contributed by atoms with Gasteiger partial charge in [0.15, 0.2) is 11.5 Å². The van der Waals surface area contributed by atoms with E-state index < -0.39 is 0 Å². The number of hydrogen-bond donors (Lipinski definition) is 2. The number of carbonyl (C=O) groups is 1. The van der Waals surface area contributed by atoms with Crippen molar-refractivity contribution in [2.24, 2.45) is 0 Å². The lowest BCUT2D eigenvalue weighted by molar-refractivity contribution is -0.116. The summed E-state index contributed by atoms with van der Waals surface area (Å²) in [5.41, 5.74) is 2.97. The summed E-state index contributed by atoms with van der Waals surface area (Å²) in [6, 6.07) is 14.3. The van der Waals surface area contributed by atoms with E-state index in [1.54, 1.807) is 25.3 Å². The fraction of sp³-hybridized carbons (Fsp3) is 0.200. The van der Waals surface area contributed by atoms with Gasteiger partial charge in [-0.15, -0.1) is 0 Å². The van der Waals surface area contributed by atoms with E-state index in [1.807, 2.05) is 31.2 Å². The standard InChI is InChI=1S/C20H21N3O4/c1-13-4-6-14(7-5-13)16-11-20(25)23(22-16)12-19(24)21-15-8-9-17(26-2)18(10-15)27-3/h4-11,22H,12H2,1-3H3,(H,21,24). The Morgan fingerprint density at radius 2 is 1.74 bits per heavy atom. The van der Waals surface area contributed by atoms with Crippen LogP contribution in [0, 0.1) is 6.92 Å². The van der Waals surface area contributed by atoms with Crippen molar-refractivity contribution in [1.82, 2.24) is 9.78 Å². The Bertz CT molecular complexity index is 1000. The largest absolute Gasteiger partial charge is 0.493 e. The highest BCUT2D eigenvalue weighted by atomic mass is 16.5. The van der Waals surface area contributed by atoms with Gasteiger partial charge < -0.3 is 14.8 Å². The second-order valence-corrected chi connectivity index (χ2v) is 6.08. The number of hydrogen-bond acceptors (Lipinski definition) is 4. The Hall–Kier alpha value is -3.48. The number of aromatic amines is 1. The molecule has 3 rings (SSSR count). The molecule has 0 atom stereocenters. The number of nitrogens with one attached hydrogen (secondary N) is 2. The first-order valence-electron chi connectivity index (χ1n) is 8.39. The van der Waals surface area contributed by atoms with Crippen LogP contribution in [0.25, 0.3) is 11.3 Å². The minimum Gasteiger partial charge on any atom is -0.493 e. The zero-order valence-electron chi connectivity index (χ0n) is 15.4. The molecule has 0 unspecified atom stereocenters. The van der Waals surface area contributed by atoms with E-state index in [9.17, 15) is 9.59 Å². The molecule has 27 heavy (non-hydrogen) atoms. The predicted octanol–water partition coefficient (Wildman–Crippen LogP) is 2.81. The van der Waals surface area contributed by atoms with Crippen molar-refractivity contribution in [3.63, 3.8) is 0 Å². The monoisotopic (exact) mass is 367 g/mol. The van der Waals surface area contributed by atoms with Gasteiger partial charge in [-0.05, 0) is 24.6 Å². The van der Waals surface area contributed by atoms with Gasteiger partial charge in [-0.2, -0.15) is 0 Å². The molecule has 0 bridgehead atoms. The van der Waals surface area contributed by atoms with E-state index in [2.05, 4.69) is 10.4 Å². The minimum absolute atomic E-state index is 0.126. The summed E-state index contributed by atoms with van der Waals surface area (Å²) in [4.78, 5) is 24.5. The average molecular weight is 367 g/mol. The van der Waals surface area contributed by atoms with Crippen LogP contribution in [0.5, 0.6) is 11.5 Å². The molecule has 0 aliphatic rings. The number of amides is 1. The number of nitrogens with zero attached hydrogens (tertiary/aromatic N) is 1. The predicted molar refractivity (Wildman–Crippen MR) is 103 cm³/mol. The molecule has 1 amide bonds. The molecule has 0 saturated heterocycles. The molecule has 3 aromatic rings. The van der Waals surface area contributed by atoms with Crippen LogP contribution in [0.1, 0.15) is 5.56 Å². The Morgan fingerprint density at radius 3 is 2.41 bits per heavy atom. The fourth-order valence-electron chi connectivity index (χ4n) is 2.69. The van der Waals surface area contributed by atoms with Crippen LogP contribution in [0.15, 0.2) is 53.3 Å². The van der Waals surface area contributed by atoms with Gasteiger partial charge in [0.25, 0.3) is 5.56 Å². The molecule has 140 valence electrons. The molecular weight excluding hydrogens is 346 g/mol. The molecule has 1 aromatic heterocycles. The van der Waals surface area contributed by atoms with Crippen molar-refractivity contribution < 1.29 is 14.3 Å². The highest BCUT2D eigenvalue weighted by Crippen LogP contribution is 2.29. The van der Waals surface area contributed by atoms with E-state index in [4.69, 9.17) is 9.47 Å². The molecule has 2 N–H and O–H groups in total.